The minimum absolute atomic E-state index is 0.0976. The molecule has 6 heteroatoms. The van der Waals surface area contributed by atoms with Crippen LogP contribution in [-0.2, 0) is 28.6 Å². The smallest absolute Gasteiger partial charge is 0.306 e. The first-order valence-corrected chi connectivity index (χ1v) is 31.0. The number of rotatable bonds is 54. The van der Waals surface area contributed by atoms with Gasteiger partial charge in [0.05, 0.1) is 0 Å². The summed E-state index contributed by atoms with van der Waals surface area (Å²) in [6.07, 6.45) is 92.9. The Morgan fingerprint density at radius 3 is 0.818 bits per heavy atom. The lowest BCUT2D eigenvalue weighted by atomic mass is 10.1. The number of allylic oxidation sites excluding steroid dienone is 26. The number of carbonyl (C=O) groups is 3. The molecule has 1 atom stereocenters. The minimum Gasteiger partial charge on any atom is -0.462 e. The van der Waals surface area contributed by atoms with Gasteiger partial charge >= 0.3 is 17.9 Å². The van der Waals surface area contributed by atoms with Gasteiger partial charge in [-0.3, -0.25) is 14.4 Å². The highest BCUT2D eigenvalue weighted by atomic mass is 16.6. The van der Waals surface area contributed by atoms with Crippen molar-refractivity contribution < 1.29 is 28.6 Å². The van der Waals surface area contributed by atoms with Gasteiger partial charge in [-0.05, 0) is 135 Å². The Morgan fingerprint density at radius 1 is 0.273 bits per heavy atom. The zero-order chi connectivity index (χ0) is 55.7. The summed E-state index contributed by atoms with van der Waals surface area (Å²) < 4.78 is 16.7. The molecule has 0 rings (SSSR count). The second kappa shape index (κ2) is 63.6. The van der Waals surface area contributed by atoms with Crippen LogP contribution in [0.15, 0.2) is 158 Å². The predicted molar refractivity (Wildman–Crippen MR) is 334 cm³/mol. The molecule has 0 aliphatic heterocycles. The molecule has 0 aromatic carbocycles. The first-order chi connectivity index (χ1) is 38.0. The average molecular weight is 1060 g/mol. The van der Waals surface area contributed by atoms with Gasteiger partial charge in [0, 0.05) is 19.3 Å². The monoisotopic (exact) mass is 1060 g/mol. The van der Waals surface area contributed by atoms with E-state index in [2.05, 4.69) is 179 Å². The lowest BCUT2D eigenvalue weighted by Gasteiger charge is -2.18. The van der Waals surface area contributed by atoms with Crippen molar-refractivity contribution in [2.24, 2.45) is 0 Å². The molecule has 0 N–H and O–H groups in total. The highest BCUT2D eigenvalue weighted by molar-refractivity contribution is 5.71. The summed E-state index contributed by atoms with van der Waals surface area (Å²) in [4.78, 5) is 37.9. The molecule has 0 fully saturated rings. The van der Waals surface area contributed by atoms with Crippen LogP contribution in [0.3, 0.4) is 0 Å². The van der Waals surface area contributed by atoms with Crippen LogP contribution in [0.5, 0.6) is 0 Å². The molecule has 0 heterocycles. The molecule has 77 heavy (non-hydrogen) atoms. The maximum absolute atomic E-state index is 12.8. The summed E-state index contributed by atoms with van der Waals surface area (Å²) in [5.74, 6) is -0.957. The normalized spacial score (nSPS) is 13.2. The van der Waals surface area contributed by atoms with Crippen LogP contribution in [0, 0.1) is 0 Å². The molecular weight excluding hydrogens is 949 g/mol. The number of carbonyl (C=O) groups excluding carboxylic acids is 3. The van der Waals surface area contributed by atoms with Crippen LogP contribution in [0.4, 0.5) is 0 Å². The lowest BCUT2D eigenvalue weighted by molar-refractivity contribution is -0.167. The van der Waals surface area contributed by atoms with Crippen molar-refractivity contribution in [1.29, 1.82) is 0 Å². The average Bonchev–Trinajstić information content (AvgIpc) is 3.43. The summed E-state index contributed by atoms with van der Waals surface area (Å²) in [7, 11) is 0. The van der Waals surface area contributed by atoms with Gasteiger partial charge in [0.15, 0.2) is 6.10 Å². The van der Waals surface area contributed by atoms with Gasteiger partial charge < -0.3 is 14.2 Å². The summed E-state index contributed by atoms with van der Waals surface area (Å²) in [5, 5.41) is 0. The van der Waals surface area contributed by atoms with Crippen molar-refractivity contribution in [3.8, 4) is 0 Å². The Balaban J connectivity index is 4.17. The van der Waals surface area contributed by atoms with Crippen LogP contribution in [0.25, 0.3) is 0 Å². The largest absolute Gasteiger partial charge is 0.462 e. The quantitative estimate of drug-likeness (QED) is 0.0261. The summed E-state index contributed by atoms with van der Waals surface area (Å²) in [6, 6.07) is 0. The highest BCUT2D eigenvalue weighted by Crippen LogP contribution is 2.13. The number of hydrogen-bond acceptors (Lipinski definition) is 6. The summed E-state index contributed by atoms with van der Waals surface area (Å²) >= 11 is 0. The topological polar surface area (TPSA) is 78.9 Å². The van der Waals surface area contributed by atoms with Gasteiger partial charge in [-0.15, -0.1) is 0 Å². The van der Waals surface area contributed by atoms with Crippen LogP contribution in [-0.4, -0.2) is 37.2 Å². The molecule has 0 radical (unpaired) electrons. The molecule has 0 amide bonds. The third kappa shape index (κ3) is 61.8. The molecule has 0 aromatic heterocycles. The van der Waals surface area contributed by atoms with Gasteiger partial charge in [-0.2, -0.15) is 0 Å². The fraction of sp³-hybridized carbons (Fsp3) is 0.592. The third-order valence-corrected chi connectivity index (χ3v) is 12.5. The van der Waals surface area contributed by atoms with E-state index in [1.165, 1.54) is 38.5 Å². The van der Waals surface area contributed by atoms with Crippen molar-refractivity contribution in [2.75, 3.05) is 13.2 Å². The number of ether oxygens (including phenoxy) is 3. The molecule has 0 aliphatic rings. The van der Waals surface area contributed by atoms with E-state index in [-0.39, 0.29) is 31.1 Å². The number of hydrogen-bond donors (Lipinski definition) is 0. The first-order valence-electron chi connectivity index (χ1n) is 31.0. The molecule has 1 unspecified atom stereocenters. The van der Waals surface area contributed by atoms with Crippen LogP contribution in [0.2, 0.25) is 0 Å². The molecular formula is C71H112O6. The van der Waals surface area contributed by atoms with E-state index >= 15 is 0 Å². The lowest BCUT2D eigenvalue weighted by Crippen LogP contribution is -2.30. The zero-order valence-corrected chi connectivity index (χ0v) is 49.4. The fourth-order valence-electron chi connectivity index (χ4n) is 7.89. The molecule has 6 nitrogen and oxygen atoms in total. The van der Waals surface area contributed by atoms with Crippen molar-refractivity contribution in [2.45, 2.75) is 258 Å². The molecule has 0 saturated heterocycles. The Morgan fingerprint density at radius 2 is 0.506 bits per heavy atom. The minimum atomic E-state index is -0.799. The molecule has 0 bridgehead atoms. The van der Waals surface area contributed by atoms with Crippen molar-refractivity contribution in [1.82, 2.24) is 0 Å². The predicted octanol–water partition coefficient (Wildman–Crippen LogP) is 21.3. The van der Waals surface area contributed by atoms with Gasteiger partial charge in [0.2, 0.25) is 0 Å². The molecule has 0 saturated carbocycles. The van der Waals surface area contributed by atoms with Gasteiger partial charge in [-0.25, -0.2) is 0 Å². The van der Waals surface area contributed by atoms with Gasteiger partial charge in [0.1, 0.15) is 13.2 Å². The Bertz CT molecular complexity index is 1740. The van der Waals surface area contributed by atoms with Crippen molar-refractivity contribution in [3.05, 3.63) is 158 Å². The van der Waals surface area contributed by atoms with Crippen molar-refractivity contribution in [3.63, 3.8) is 0 Å². The molecule has 0 spiro atoms. The van der Waals surface area contributed by atoms with Gasteiger partial charge in [-0.1, -0.05) is 256 Å². The van der Waals surface area contributed by atoms with Crippen LogP contribution < -0.4 is 0 Å². The SMILES string of the molecule is CC/C=C\C/C=C\C/C=C\C/C=C\C/C=C\C/C=C\C/C=C\C/C=C\C/C=C\C/C=C\CCCCCCC(=O)OCC(COC(=O)CCCCCCC)OC(=O)CCCCCCCC/C=C\C/C=C\C/C=C\CCCCC. The van der Waals surface area contributed by atoms with E-state index in [1.54, 1.807) is 0 Å². The van der Waals surface area contributed by atoms with Crippen LogP contribution >= 0.6 is 0 Å². The van der Waals surface area contributed by atoms with E-state index in [0.717, 1.165) is 173 Å². The Hall–Kier alpha value is -4.97. The molecule has 0 aliphatic carbocycles. The fourth-order valence-corrected chi connectivity index (χ4v) is 7.89. The van der Waals surface area contributed by atoms with E-state index in [4.69, 9.17) is 14.2 Å². The number of esters is 3. The van der Waals surface area contributed by atoms with Crippen molar-refractivity contribution >= 4 is 17.9 Å². The molecule has 0 aromatic rings. The second-order valence-electron chi connectivity index (χ2n) is 19.9. The van der Waals surface area contributed by atoms with E-state index < -0.39 is 6.10 Å². The van der Waals surface area contributed by atoms with E-state index in [1.807, 2.05) is 0 Å². The standard InChI is InChI=1S/C71H112O6/c1-4-7-10-13-15-17-19-21-23-25-27-28-29-30-31-32-33-34-35-36-37-38-39-40-41-42-44-45-47-49-51-53-55-58-61-64-70(73)76-67-68(66-75-69(72)63-60-57-12-9-6-3)77-71(74)65-62-59-56-54-52-50-48-46-43-26-24-22-20-18-16-14-11-8-5-2/h7,10,15-18,21-24,27-28,30-31,33-34,36-37,39-40,42-44,46-47,49,68H,4-6,8-9,11-14,19-20,25-26,29,32,35,38,41,45,48,50-67H2,1-3H3/b10-7-,17-15-,18-16-,23-21-,24-22-,28-27-,31-30-,34-33-,37-36-,40-39-,44-42-,46-43-,49-47-. The zero-order valence-electron chi connectivity index (χ0n) is 49.4. The van der Waals surface area contributed by atoms with E-state index in [0.29, 0.717) is 19.3 Å². The first kappa shape index (κ1) is 72.0. The molecule has 432 valence electrons. The van der Waals surface area contributed by atoms with Crippen LogP contribution in [0.1, 0.15) is 252 Å². The number of unbranched alkanes of at least 4 members (excludes halogenated alkanes) is 17. The summed E-state index contributed by atoms with van der Waals surface area (Å²) in [5.41, 5.74) is 0. The maximum atomic E-state index is 12.8. The highest BCUT2D eigenvalue weighted by Gasteiger charge is 2.19. The van der Waals surface area contributed by atoms with E-state index in [9.17, 15) is 14.4 Å². The Labute approximate surface area is 473 Å². The maximum Gasteiger partial charge on any atom is 0.306 e. The van der Waals surface area contributed by atoms with Gasteiger partial charge in [0.25, 0.3) is 0 Å². The summed E-state index contributed by atoms with van der Waals surface area (Å²) in [6.45, 7) is 6.37. The Kier molecular flexibility index (Phi) is 59.5. The second-order valence-corrected chi connectivity index (χ2v) is 19.9. The third-order valence-electron chi connectivity index (χ3n) is 12.5.